The van der Waals surface area contributed by atoms with Crippen molar-refractivity contribution in [1.29, 1.82) is 0 Å². The quantitative estimate of drug-likeness (QED) is 0.859. The summed E-state index contributed by atoms with van der Waals surface area (Å²) in [6.07, 6.45) is -5.11. The van der Waals surface area contributed by atoms with Gasteiger partial charge in [-0.3, -0.25) is 4.79 Å². The number of hydrogen-bond acceptors (Lipinski definition) is 5. The molecule has 2 heterocycles. The first kappa shape index (κ1) is 18.7. The van der Waals surface area contributed by atoms with E-state index in [2.05, 4.69) is 14.9 Å². The number of carbonyl (C=O) groups is 2. The highest BCUT2D eigenvalue weighted by atomic mass is 19.4. The molecule has 0 radical (unpaired) electrons. The van der Waals surface area contributed by atoms with Gasteiger partial charge in [-0.1, -0.05) is 12.1 Å². The Kier molecular flexibility index (Phi) is 4.77. The summed E-state index contributed by atoms with van der Waals surface area (Å²) in [4.78, 5) is 25.4. The molecule has 0 aliphatic carbocycles. The van der Waals surface area contributed by atoms with Crippen molar-refractivity contribution in [3.8, 4) is 5.75 Å². The maximum absolute atomic E-state index is 12.6. The van der Waals surface area contributed by atoms with Crippen LogP contribution in [0.4, 0.5) is 13.2 Å². The standard InChI is InChI=1S/C16H15F3N4O4/c1-9-20-21-13-8-23(12(15(25)26)7-22(9)13)14(24)6-10-3-2-4-11(5-10)27-16(17,18)19/h2-5,12H,6-8H2,1H3,(H,25,26). The topological polar surface area (TPSA) is 97.5 Å². The minimum absolute atomic E-state index is 0.00641. The summed E-state index contributed by atoms with van der Waals surface area (Å²) in [5.41, 5.74) is 0.272. The van der Waals surface area contributed by atoms with Crippen molar-refractivity contribution in [2.45, 2.75) is 38.8 Å². The van der Waals surface area contributed by atoms with Gasteiger partial charge in [-0.25, -0.2) is 4.79 Å². The minimum Gasteiger partial charge on any atom is -0.480 e. The summed E-state index contributed by atoms with van der Waals surface area (Å²) in [6, 6.07) is 3.89. The Bertz CT molecular complexity index is 881. The Morgan fingerprint density at radius 2 is 2.07 bits per heavy atom. The van der Waals surface area contributed by atoms with E-state index in [1.54, 1.807) is 11.5 Å². The average molecular weight is 384 g/mol. The van der Waals surface area contributed by atoms with Crippen LogP contribution in [0.1, 0.15) is 17.2 Å². The minimum atomic E-state index is -4.84. The Balaban J connectivity index is 1.79. The first-order valence-electron chi connectivity index (χ1n) is 7.89. The Hall–Kier alpha value is -3.11. The fourth-order valence-electron chi connectivity index (χ4n) is 2.92. The number of aromatic nitrogens is 3. The van der Waals surface area contributed by atoms with E-state index in [0.29, 0.717) is 11.6 Å². The zero-order valence-corrected chi connectivity index (χ0v) is 14.1. The number of aryl methyl sites for hydroxylation is 1. The maximum atomic E-state index is 12.6. The number of rotatable bonds is 4. The monoisotopic (exact) mass is 384 g/mol. The molecule has 1 aliphatic rings. The van der Waals surface area contributed by atoms with Crippen LogP contribution in [0.5, 0.6) is 5.75 Å². The van der Waals surface area contributed by atoms with E-state index in [1.807, 2.05) is 0 Å². The molecule has 1 aromatic carbocycles. The second-order valence-electron chi connectivity index (χ2n) is 6.02. The number of aliphatic carboxylic acids is 1. The van der Waals surface area contributed by atoms with Crippen LogP contribution in [0.2, 0.25) is 0 Å². The summed E-state index contributed by atoms with van der Waals surface area (Å²) in [6.45, 7) is 1.64. The molecule has 1 aromatic heterocycles. The maximum Gasteiger partial charge on any atom is 0.573 e. The van der Waals surface area contributed by atoms with E-state index >= 15 is 0 Å². The summed E-state index contributed by atoms with van der Waals surface area (Å²) in [7, 11) is 0. The second kappa shape index (κ2) is 6.89. The zero-order valence-electron chi connectivity index (χ0n) is 14.1. The lowest BCUT2D eigenvalue weighted by Gasteiger charge is -2.33. The molecule has 1 unspecified atom stereocenters. The Morgan fingerprint density at radius 1 is 1.33 bits per heavy atom. The number of carboxylic acids is 1. The molecule has 2 aromatic rings. The summed E-state index contributed by atoms with van der Waals surface area (Å²) in [5.74, 6) is -1.18. The van der Waals surface area contributed by atoms with Crippen molar-refractivity contribution in [3.05, 3.63) is 41.5 Å². The van der Waals surface area contributed by atoms with Crippen molar-refractivity contribution in [3.63, 3.8) is 0 Å². The molecule has 0 spiro atoms. The molecule has 11 heteroatoms. The van der Waals surface area contributed by atoms with Crippen molar-refractivity contribution in [2.24, 2.45) is 0 Å². The summed E-state index contributed by atoms with van der Waals surface area (Å²) >= 11 is 0. The van der Waals surface area contributed by atoms with Crippen LogP contribution >= 0.6 is 0 Å². The van der Waals surface area contributed by atoms with Gasteiger partial charge in [0.15, 0.2) is 5.82 Å². The third kappa shape index (κ3) is 4.18. The first-order valence-corrected chi connectivity index (χ1v) is 7.89. The molecule has 0 bridgehead atoms. The molecule has 27 heavy (non-hydrogen) atoms. The van der Waals surface area contributed by atoms with Gasteiger partial charge in [0.1, 0.15) is 17.6 Å². The number of carboxylic acid groups (broad SMARTS) is 1. The van der Waals surface area contributed by atoms with Crippen molar-refractivity contribution >= 4 is 11.9 Å². The molecule has 1 atom stereocenters. The van der Waals surface area contributed by atoms with Crippen LogP contribution in [-0.4, -0.2) is 49.1 Å². The third-order valence-electron chi connectivity index (χ3n) is 4.15. The van der Waals surface area contributed by atoms with Crippen LogP contribution < -0.4 is 4.74 Å². The molecule has 0 saturated carbocycles. The number of fused-ring (bicyclic) bond motifs is 1. The van der Waals surface area contributed by atoms with E-state index < -0.39 is 30.0 Å². The fourth-order valence-corrected chi connectivity index (χ4v) is 2.92. The van der Waals surface area contributed by atoms with Gasteiger partial charge in [0.2, 0.25) is 5.91 Å². The van der Waals surface area contributed by atoms with Crippen molar-refractivity contribution in [2.75, 3.05) is 0 Å². The molecule has 1 amide bonds. The SMILES string of the molecule is Cc1nnc2n1CC(C(=O)O)N(C(=O)Cc1cccc(OC(F)(F)F)c1)C2. The van der Waals surface area contributed by atoms with Crippen molar-refractivity contribution in [1.82, 2.24) is 19.7 Å². The van der Waals surface area contributed by atoms with E-state index in [-0.39, 0.29) is 25.1 Å². The highest BCUT2D eigenvalue weighted by Crippen LogP contribution is 2.24. The van der Waals surface area contributed by atoms with E-state index in [4.69, 9.17) is 0 Å². The van der Waals surface area contributed by atoms with Crippen LogP contribution in [0.25, 0.3) is 0 Å². The Labute approximate surface area is 151 Å². The molecule has 144 valence electrons. The van der Waals surface area contributed by atoms with Crippen molar-refractivity contribution < 1.29 is 32.6 Å². The predicted octanol–water partition coefficient (Wildman–Crippen LogP) is 1.52. The number of amides is 1. The van der Waals surface area contributed by atoms with Gasteiger partial charge in [0.05, 0.1) is 19.5 Å². The smallest absolute Gasteiger partial charge is 0.480 e. The van der Waals surface area contributed by atoms with E-state index in [1.165, 1.54) is 12.1 Å². The molecule has 3 rings (SSSR count). The van der Waals surface area contributed by atoms with Gasteiger partial charge in [0.25, 0.3) is 0 Å². The van der Waals surface area contributed by atoms with Crippen LogP contribution in [0.3, 0.4) is 0 Å². The summed E-state index contributed by atoms with van der Waals surface area (Å²) < 4.78 is 42.5. The molecular formula is C16H15F3N4O4. The first-order chi connectivity index (χ1) is 12.6. The normalized spacial score (nSPS) is 16.7. The van der Waals surface area contributed by atoms with Gasteiger partial charge in [-0.05, 0) is 24.6 Å². The number of hydrogen-bond donors (Lipinski definition) is 1. The zero-order chi connectivity index (χ0) is 19.8. The summed E-state index contributed by atoms with van der Waals surface area (Å²) in [5, 5.41) is 17.3. The van der Waals surface area contributed by atoms with E-state index in [9.17, 15) is 27.9 Å². The predicted molar refractivity (Wildman–Crippen MR) is 83.6 cm³/mol. The number of nitrogens with zero attached hydrogens (tertiary/aromatic N) is 4. The molecule has 0 saturated heterocycles. The highest BCUT2D eigenvalue weighted by molar-refractivity contribution is 5.85. The molecular weight excluding hydrogens is 369 g/mol. The van der Waals surface area contributed by atoms with Crippen LogP contribution in [0, 0.1) is 6.92 Å². The van der Waals surface area contributed by atoms with Gasteiger partial charge < -0.3 is 19.3 Å². The molecule has 8 nitrogen and oxygen atoms in total. The van der Waals surface area contributed by atoms with Crippen LogP contribution in [0.15, 0.2) is 24.3 Å². The van der Waals surface area contributed by atoms with Gasteiger partial charge in [0, 0.05) is 0 Å². The average Bonchev–Trinajstić information content (AvgIpc) is 2.93. The van der Waals surface area contributed by atoms with Gasteiger partial charge in [-0.2, -0.15) is 0 Å². The lowest BCUT2D eigenvalue weighted by molar-refractivity contribution is -0.274. The van der Waals surface area contributed by atoms with E-state index in [0.717, 1.165) is 17.0 Å². The van der Waals surface area contributed by atoms with Crippen LogP contribution in [-0.2, 0) is 29.1 Å². The van der Waals surface area contributed by atoms with Gasteiger partial charge >= 0.3 is 12.3 Å². The third-order valence-corrected chi connectivity index (χ3v) is 4.15. The number of alkyl halides is 3. The Morgan fingerprint density at radius 3 is 2.74 bits per heavy atom. The number of carbonyl (C=O) groups excluding carboxylic acids is 1. The second-order valence-corrected chi connectivity index (χ2v) is 6.02. The highest BCUT2D eigenvalue weighted by Gasteiger charge is 2.36. The fraction of sp³-hybridized carbons (Fsp3) is 0.375. The molecule has 0 fully saturated rings. The number of halogens is 3. The largest absolute Gasteiger partial charge is 0.573 e. The lowest BCUT2D eigenvalue weighted by atomic mass is 10.1. The number of ether oxygens (including phenoxy) is 1. The van der Waals surface area contributed by atoms with Gasteiger partial charge in [-0.15, -0.1) is 23.4 Å². The lowest BCUT2D eigenvalue weighted by Crippen LogP contribution is -2.51. The number of benzene rings is 1. The molecule has 1 aliphatic heterocycles. The molecule has 1 N–H and O–H groups in total.